The van der Waals surface area contributed by atoms with Gasteiger partial charge in [-0.3, -0.25) is 4.79 Å². The smallest absolute Gasteiger partial charge is 0.255 e. The van der Waals surface area contributed by atoms with Gasteiger partial charge in [0.1, 0.15) is 5.75 Å². The number of aromatic nitrogens is 2. The van der Waals surface area contributed by atoms with Gasteiger partial charge in [0.2, 0.25) is 10.0 Å². The van der Waals surface area contributed by atoms with E-state index in [1.165, 1.54) is 41.0 Å². The van der Waals surface area contributed by atoms with Gasteiger partial charge in [-0.1, -0.05) is 19.1 Å². The first-order valence-corrected chi connectivity index (χ1v) is 11.8. The average Bonchev–Trinajstić information content (AvgIpc) is 2.80. The molecule has 1 aliphatic rings. The number of benzene rings is 2. The van der Waals surface area contributed by atoms with Crippen LogP contribution < -0.4 is 5.32 Å². The van der Waals surface area contributed by atoms with Crippen LogP contribution in [0, 0.1) is 5.92 Å². The van der Waals surface area contributed by atoms with Crippen molar-refractivity contribution < 1.29 is 18.3 Å². The molecule has 1 amide bonds. The van der Waals surface area contributed by atoms with E-state index in [4.69, 9.17) is 0 Å². The molecule has 1 aromatic heterocycles. The zero-order valence-corrected chi connectivity index (χ0v) is 18.4. The second-order valence-corrected chi connectivity index (χ2v) is 9.85. The van der Waals surface area contributed by atoms with Gasteiger partial charge < -0.3 is 10.4 Å². The lowest BCUT2D eigenvalue weighted by atomic mass is 10.0. The molecule has 32 heavy (non-hydrogen) atoms. The first kappa shape index (κ1) is 21.9. The van der Waals surface area contributed by atoms with Gasteiger partial charge in [0.15, 0.2) is 5.82 Å². The molecule has 1 saturated heterocycles. The van der Waals surface area contributed by atoms with E-state index in [1.807, 2.05) is 0 Å². The Morgan fingerprint density at radius 3 is 2.34 bits per heavy atom. The summed E-state index contributed by atoms with van der Waals surface area (Å²) in [5.41, 5.74) is 1.38. The van der Waals surface area contributed by atoms with E-state index in [1.54, 1.807) is 24.3 Å². The molecule has 0 unspecified atom stereocenters. The summed E-state index contributed by atoms with van der Waals surface area (Å²) in [6.07, 6.45) is 4.65. The van der Waals surface area contributed by atoms with Crippen LogP contribution in [0.5, 0.6) is 5.75 Å². The molecule has 4 rings (SSSR count). The summed E-state index contributed by atoms with van der Waals surface area (Å²) in [6.45, 7) is 3.16. The molecular formula is C23H24N4O4S. The SMILES string of the molecule is CC1CCN(S(=O)(=O)c2ccc(C(=O)Nc3cnc(-c4cccc(O)c4)nc3)cc2)CC1. The molecular weight excluding hydrogens is 428 g/mol. The van der Waals surface area contributed by atoms with Gasteiger partial charge in [0.25, 0.3) is 5.91 Å². The van der Waals surface area contributed by atoms with Crippen LogP contribution >= 0.6 is 0 Å². The third kappa shape index (κ3) is 4.79. The van der Waals surface area contributed by atoms with Crippen molar-refractivity contribution >= 4 is 21.6 Å². The van der Waals surface area contributed by atoms with Gasteiger partial charge in [0, 0.05) is 24.2 Å². The Hall–Kier alpha value is -3.30. The maximum absolute atomic E-state index is 12.8. The second kappa shape index (κ2) is 9.05. The highest BCUT2D eigenvalue weighted by atomic mass is 32.2. The minimum atomic E-state index is -3.56. The standard InChI is InChI=1S/C23H24N4O4S/c1-16-9-11-27(12-10-16)32(30,31)21-7-5-17(6-8-21)23(29)26-19-14-24-22(25-15-19)18-3-2-4-20(28)13-18/h2-8,13-16,28H,9-12H2,1H3,(H,26,29). The number of hydrogen-bond donors (Lipinski definition) is 2. The lowest BCUT2D eigenvalue weighted by molar-refractivity contribution is 0.102. The highest BCUT2D eigenvalue weighted by molar-refractivity contribution is 7.89. The third-order valence-corrected chi connectivity index (χ3v) is 7.42. The van der Waals surface area contributed by atoms with E-state index in [-0.39, 0.29) is 10.6 Å². The lowest BCUT2D eigenvalue weighted by Crippen LogP contribution is -2.37. The van der Waals surface area contributed by atoms with E-state index in [0.29, 0.717) is 41.6 Å². The highest BCUT2D eigenvalue weighted by Gasteiger charge is 2.28. The van der Waals surface area contributed by atoms with Crippen LogP contribution in [-0.2, 0) is 10.0 Å². The van der Waals surface area contributed by atoms with Crippen molar-refractivity contribution in [3.8, 4) is 17.1 Å². The van der Waals surface area contributed by atoms with Crippen molar-refractivity contribution in [2.75, 3.05) is 18.4 Å². The fraction of sp³-hybridized carbons (Fsp3) is 0.261. The molecule has 3 aromatic rings. The average molecular weight is 453 g/mol. The topological polar surface area (TPSA) is 112 Å². The number of amides is 1. The normalized spacial score (nSPS) is 15.4. The molecule has 0 saturated carbocycles. The molecule has 8 nitrogen and oxygen atoms in total. The van der Waals surface area contributed by atoms with Gasteiger partial charge >= 0.3 is 0 Å². The van der Waals surface area contributed by atoms with E-state index < -0.39 is 15.9 Å². The fourth-order valence-electron chi connectivity index (χ4n) is 3.54. The molecule has 9 heteroatoms. The number of rotatable bonds is 5. The molecule has 0 aliphatic carbocycles. The number of carbonyl (C=O) groups is 1. The summed E-state index contributed by atoms with van der Waals surface area (Å²) in [7, 11) is -3.56. The molecule has 0 radical (unpaired) electrons. The zero-order chi connectivity index (χ0) is 22.7. The first-order chi connectivity index (χ1) is 15.3. The van der Waals surface area contributed by atoms with E-state index in [9.17, 15) is 18.3 Å². The molecule has 166 valence electrons. The minimum absolute atomic E-state index is 0.115. The van der Waals surface area contributed by atoms with Crippen molar-refractivity contribution in [2.45, 2.75) is 24.7 Å². The maximum atomic E-state index is 12.8. The Morgan fingerprint density at radius 2 is 1.72 bits per heavy atom. The number of nitrogens with one attached hydrogen (secondary N) is 1. The van der Waals surface area contributed by atoms with Crippen molar-refractivity contribution in [1.29, 1.82) is 0 Å². The number of aromatic hydroxyl groups is 1. The van der Waals surface area contributed by atoms with Crippen molar-refractivity contribution in [3.05, 3.63) is 66.5 Å². The molecule has 2 aromatic carbocycles. The largest absolute Gasteiger partial charge is 0.508 e. The summed E-state index contributed by atoms with van der Waals surface area (Å²) in [6, 6.07) is 12.5. The second-order valence-electron chi connectivity index (χ2n) is 7.91. The van der Waals surface area contributed by atoms with Crippen LogP contribution in [0.2, 0.25) is 0 Å². The number of hydrogen-bond acceptors (Lipinski definition) is 6. The van der Waals surface area contributed by atoms with E-state index >= 15 is 0 Å². The highest BCUT2D eigenvalue weighted by Crippen LogP contribution is 2.24. The van der Waals surface area contributed by atoms with E-state index in [2.05, 4.69) is 22.2 Å². The molecule has 0 bridgehead atoms. The van der Waals surface area contributed by atoms with Crippen molar-refractivity contribution in [2.24, 2.45) is 5.92 Å². The predicted molar refractivity (Wildman–Crippen MR) is 121 cm³/mol. The Morgan fingerprint density at radius 1 is 1.06 bits per heavy atom. The number of phenols is 1. The van der Waals surface area contributed by atoms with Crippen LogP contribution in [0.4, 0.5) is 5.69 Å². The van der Waals surface area contributed by atoms with Crippen LogP contribution in [0.25, 0.3) is 11.4 Å². The Balaban J connectivity index is 1.43. The maximum Gasteiger partial charge on any atom is 0.255 e. The van der Waals surface area contributed by atoms with E-state index in [0.717, 1.165) is 12.8 Å². The Labute approximate surface area is 187 Å². The quantitative estimate of drug-likeness (QED) is 0.612. The van der Waals surface area contributed by atoms with Crippen LogP contribution in [-0.4, -0.2) is 46.8 Å². The first-order valence-electron chi connectivity index (χ1n) is 10.4. The van der Waals surface area contributed by atoms with Crippen LogP contribution in [0.3, 0.4) is 0 Å². The number of nitrogens with zero attached hydrogens (tertiary/aromatic N) is 3. The summed E-state index contributed by atoms with van der Waals surface area (Å²) >= 11 is 0. The molecule has 2 heterocycles. The Kier molecular flexibility index (Phi) is 6.20. The molecule has 0 spiro atoms. The van der Waals surface area contributed by atoms with Crippen LogP contribution in [0.1, 0.15) is 30.1 Å². The fourth-order valence-corrected chi connectivity index (χ4v) is 5.01. The summed E-state index contributed by atoms with van der Waals surface area (Å²) in [4.78, 5) is 21.2. The van der Waals surface area contributed by atoms with Gasteiger partial charge in [-0.05, 0) is 55.2 Å². The number of piperidine rings is 1. The Bertz CT molecular complexity index is 1200. The lowest BCUT2D eigenvalue weighted by Gasteiger charge is -2.29. The number of sulfonamides is 1. The van der Waals surface area contributed by atoms with Crippen LogP contribution in [0.15, 0.2) is 65.8 Å². The predicted octanol–water partition coefficient (Wildman–Crippen LogP) is 3.52. The minimum Gasteiger partial charge on any atom is -0.508 e. The zero-order valence-electron chi connectivity index (χ0n) is 17.6. The number of carbonyl (C=O) groups excluding carboxylic acids is 1. The van der Waals surface area contributed by atoms with Gasteiger partial charge in [0.05, 0.1) is 23.0 Å². The summed E-state index contributed by atoms with van der Waals surface area (Å²) in [5.74, 6) is 0.671. The number of anilines is 1. The van der Waals surface area contributed by atoms with Crippen molar-refractivity contribution in [1.82, 2.24) is 14.3 Å². The summed E-state index contributed by atoms with van der Waals surface area (Å²) < 4.78 is 27.2. The summed E-state index contributed by atoms with van der Waals surface area (Å²) in [5, 5.41) is 12.3. The molecule has 1 aliphatic heterocycles. The molecule has 1 fully saturated rings. The van der Waals surface area contributed by atoms with Gasteiger partial charge in [-0.25, -0.2) is 18.4 Å². The van der Waals surface area contributed by atoms with Gasteiger partial charge in [-0.15, -0.1) is 0 Å². The van der Waals surface area contributed by atoms with Crippen molar-refractivity contribution in [3.63, 3.8) is 0 Å². The molecule has 2 N–H and O–H groups in total. The van der Waals surface area contributed by atoms with Gasteiger partial charge in [-0.2, -0.15) is 4.31 Å². The molecule has 0 atom stereocenters. The monoisotopic (exact) mass is 452 g/mol. The number of phenolic OH excluding ortho intramolecular Hbond substituents is 1. The third-order valence-electron chi connectivity index (χ3n) is 5.51.